The molecule has 0 radical (unpaired) electrons. The van der Waals surface area contributed by atoms with Crippen LogP contribution in [0.1, 0.15) is 31.9 Å². The predicted octanol–water partition coefficient (Wildman–Crippen LogP) is 4.22. The minimum atomic E-state index is -0.263. The van der Waals surface area contributed by atoms with Crippen LogP contribution in [0.2, 0.25) is 5.02 Å². The quantitative estimate of drug-likeness (QED) is 0.893. The minimum absolute atomic E-state index is 0.0803. The van der Waals surface area contributed by atoms with Crippen LogP contribution in [0.3, 0.4) is 0 Å². The van der Waals surface area contributed by atoms with E-state index in [0.29, 0.717) is 17.1 Å². The van der Waals surface area contributed by atoms with Crippen LogP contribution >= 0.6 is 11.6 Å². The van der Waals surface area contributed by atoms with Crippen molar-refractivity contribution >= 4 is 11.6 Å². The molecule has 0 unspecified atom stereocenters. The van der Waals surface area contributed by atoms with Gasteiger partial charge in [0.05, 0.1) is 6.54 Å². The Morgan fingerprint density at radius 2 is 2.00 bits per heavy atom. The van der Waals surface area contributed by atoms with Gasteiger partial charge in [0.25, 0.3) is 0 Å². The van der Waals surface area contributed by atoms with Gasteiger partial charge in [-0.25, -0.2) is 4.39 Å². The molecule has 108 valence electrons. The summed E-state index contributed by atoms with van der Waals surface area (Å²) in [5.74, 6) is -0.263. The van der Waals surface area contributed by atoms with Crippen LogP contribution in [0.5, 0.6) is 0 Å². The summed E-state index contributed by atoms with van der Waals surface area (Å²) in [6, 6.07) is 6.81. The molecule has 2 nitrogen and oxygen atoms in total. The van der Waals surface area contributed by atoms with E-state index in [1.54, 1.807) is 12.1 Å². The molecule has 0 atom stereocenters. The third kappa shape index (κ3) is 4.09. The molecule has 0 saturated carbocycles. The first kappa shape index (κ1) is 15.1. The lowest BCUT2D eigenvalue weighted by Crippen LogP contribution is -2.34. The lowest BCUT2D eigenvalue weighted by atomic mass is 10.1. The Balaban J connectivity index is 2.06. The Labute approximate surface area is 124 Å². The number of rotatable bonds is 4. The molecule has 4 heteroatoms. The molecule has 1 N–H and O–H groups in total. The zero-order valence-electron chi connectivity index (χ0n) is 12.1. The summed E-state index contributed by atoms with van der Waals surface area (Å²) in [5, 5.41) is 3.89. The molecule has 0 aliphatic heterocycles. The van der Waals surface area contributed by atoms with Crippen LogP contribution in [-0.4, -0.2) is 10.1 Å². The van der Waals surface area contributed by atoms with Crippen molar-refractivity contribution in [1.82, 2.24) is 9.88 Å². The molecule has 0 bridgehead atoms. The highest BCUT2D eigenvalue weighted by Crippen LogP contribution is 2.20. The summed E-state index contributed by atoms with van der Waals surface area (Å²) in [5.41, 5.74) is 1.78. The monoisotopic (exact) mass is 294 g/mol. The van der Waals surface area contributed by atoms with Crippen LogP contribution in [0.25, 0.3) is 0 Å². The minimum Gasteiger partial charge on any atom is -0.349 e. The van der Waals surface area contributed by atoms with E-state index in [0.717, 1.165) is 6.54 Å². The third-order valence-electron chi connectivity index (χ3n) is 3.04. The van der Waals surface area contributed by atoms with Gasteiger partial charge in [0.15, 0.2) is 0 Å². The third-order valence-corrected chi connectivity index (χ3v) is 3.39. The maximum Gasteiger partial charge on any atom is 0.129 e. The van der Waals surface area contributed by atoms with Gasteiger partial charge in [0.1, 0.15) is 5.82 Å². The Kier molecular flexibility index (Phi) is 4.51. The fourth-order valence-electron chi connectivity index (χ4n) is 1.93. The van der Waals surface area contributed by atoms with Gasteiger partial charge in [0, 0.05) is 35.1 Å². The van der Waals surface area contributed by atoms with E-state index in [1.165, 1.54) is 11.6 Å². The molecular formula is C16H20ClFN2. The second kappa shape index (κ2) is 5.98. The van der Waals surface area contributed by atoms with Crippen LogP contribution in [0.15, 0.2) is 36.7 Å². The van der Waals surface area contributed by atoms with Gasteiger partial charge >= 0.3 is 0 Å². The Bertz CT molecular complexity index is 564. The number of hydrogen-bond donors (Lipinski definition) is 1. The fraction of sp³-hybridized carbons (Fsp3) is 0.375. The van der Waals surface area contributed by atoms with E-state index >= 15 is 0 Å². The average Bonchev–Trinajstić information content (AvgIpc) is 2.79. The highest BCUT2D eigenvalue weighted by atomic mass is 35.5. The summed E-state index contributed by atoms with van der Waals surface area (Å²) in [6.07, 6.45) is 3.96. The maximum absolute atomic E-state index is 13.7. The molecular weight excluding hydrogens is 275 g/mol. The second-order valence-corrected chi connectivity index (χ2v) is 6.40. The van der Waals surface area contributed by atoms with Gasteiger partial charge in [-0.2, -0.15) is 0 Å². The molecule has 1 aromatic heterocycles. The summed E-state index contributed by atoms with van der Waals surface area (Å²) in [7, 11) is 0. The van der Waals surface area contributed by atoms with Crippen molar-refractivity contribution in [2.75, 3.05) is 0 Å². The lowest BCUT2D eigenvalue weighted by molar-refractivity contribution is 0.424. The SMILES string of the molecule is CC(C)(C)NCc1ccn(Cc2c(F)cccc2Cl)c1. The van der Waals surface area contributed by atoms with Gasteiger partial charge in [-0.3, -0.25) is 0 Å². The molecule has 1 aromatic carbocycles. The molecule has 0 aliphatic carbocycles. The first-order chi connectivity index (χ1) is 9.35. The molecule has 2 aromatic rings. The largest absolute Gasteiger partial charge is 0.349 e. The Morgan fingerprint density at radius 1 is 1.25 bits per heavy atom. The summed E-state index contributed by atoms with van der Waals surface area (Å²) in [6.45, 7) is 7.62. The number of aromatic nitrogens is 1. The van der Waals surface area contributed by atoms with Crippen LogP contribution in [0.4, 0.5) is 4.39 Å². The first-order valence-electron chi connectivity index (χ1n) is 6.68. The molecule has 20 heavy (non-hydrogen) atoms. The van der Waals surface area contributed by atoms with Crippen molar-refractivity contribution in [3.8, 4) is 0 Å². The van der Waals surface area contributed by atoms with E-state index in [4.69, 9.17) is 11.6 Å². The number of benzene rings is 1. The zero-order chi connectivity index (χ0) is 14.8. The molecule has 0 spiro atoms. The molecule has 0 amide bonds. The van der Waals surface area contributed by atoms with Crippen molar-refractivity contribution in [3.63, 3.8) is 0 Å². The van der Waals surface area contributed by atoms with E-state index in [-0.39, 0.29) is 11.4 Å². The smallest absolute Gasteiger partial charge is 0.129 e. The maximum atomic E-state index is 13.7. The van der Waals surface area contributed by atoms with Crippen molar-refractivity contribution in [2.24, 2.45) is 0 Å². The van der Waals surface area contributed by atoms with Gasteiger partial charge in [-0.1, -0.05) is 17.7 Å². The van der Waals surface area contributed by atoms with Crippen LogP contribution < -0.4 is 5.32 Å². The molecule has 0 aliphatic rings. The zero-order valence-corrected chi connectivity index (χ0v) is 12.8. The van der Waals surface area contributed by atoms with E-state index in [1.807, 2.05) is 23.0 Å². The van der Waals surface area contributed by atoms with Crippen molar-refractivity contribution in [3.05, 3.63) is 58.6 Å². The number of hydrogen-bond acceptors (Lipinski definition) is 1. The standard InChI is InChI=1S/C16H20ClFN2/c1-16(2,3)19-9-12-7-8-20(10-12)11-13-14(17)5-4-6-15(13)18/h4-8,10,19H,9,11H2,1-3H3. The normalized spacial score (nSPS) is 11.8. The highest BCUT2D eigenvalue weighted by Gasteiger charge is 2.10. The summed E-state index contributed by atoms with van der Waals surface area (Å²) in [4.78, 5) is 0. The van der Waals surface area contributed by atoms with Gasteiger partial charge in [-0.15, -0.1) is 0 Å². The summed E-state index contributed by atoms with van der Waals surface area (Å²) < 4.78 is 15.7. The van der Waals surface area contributed by atoms with E-state index in [9.17, 15) is 4.39 Å². The molecule has 0 fully saturated rings. The van der Waals surface area contributed by atoms with Crippen molar-refractivity contribution in [2.45, 2.75) is 39.4 Å². The van der Waals surface area contributed by atoms with Gasteiger partial charge in [-0.05, 0) is 44.5 Å². The molecule has 2 rings (SSSR count). The topological polar surface area (TPSA) is 17.0 Å². The second-order valence-electron chi connectivity index (χ2n) is 6.00. The Morgan fingerprint density at radius 3 is 2.65 bits per heavy atom. The van der Waals surface area contributed by atoms with Gasteiger partial charge < -0.3 is 9.88 Å². The highest BCUT2D eigenvalue weighted by molar-refractivity contribution is 6.31. The fourth-order valence-corrected chi connectivity index (χ4v) is 2.15. The number of halogens is 2. The number of nitrogens with zero attached hydrogens (tertiary/aromatic N) is 1. The van der Waals surface area contributed by atoms with E-state index < -0.39 is 0 Å². The Hall–Kier alpha value is -1.32. The predicted molar refractivity (Wildman–Crippen MR) is 81.5 cm³/mol. The average molecular weight is 295 g/mol. The molecule has 1 heterocycles. The van der Waals surface area contributed by atoms with Gasteiger partial charge in [0.2, 0.25) is 0 Å². The van der Waals surface area contributed by atoms with Crippen LogP contribution in [-0.2, 0) is 13.1 Å². The first-order valence-corrected chi connectivity index (χ1v) is 7.05. The summed E-state index contributed by atoms with van der Waals surface area (Å²) >= 11 is 6.04. The number of nitrogens with one attached hydrogen (secondary N) is 1. The van der Waals surface area contributed by atoms with E-state index in [2.05, 4.69) is 26.1 Å². The molecule has 0 saturated heterocycles. The van der Waals surface area contributed by atoms with Crippen molar-refractivity contribution < 1.29 is 4.39 Å². The van der Waals surface area contributed by atoms with Crippen LogP contribution in [0, 0.1) is 5.82 Å². The van der Waals surface area contributed by atoms with Crippen molar-refractivity contribution in [1.29, 1.82) is 0 Å². The lowest BCUT2D eigenvalue weighted by Gasteiger charge is -2.19.